The lowest BCUT2D eigenvalue weighted by molar-refractivity contribution is 0.921. The Bertz CT molecular complexity index is 153. The molecule has 64 valence electrons. The highest BCUT2D eigenvalue weighted by molar-refractivity contribution is 5.80. The Morgan fingerprint density at radius 2 is 2.00 bits per heavy atom. The van der Waals surface area contributed by atoms with Gasteiger partial charge in [-0.2, -0.15) is 0 Å². The smallest absolute Gasteiger partial charge is 0.0970 e. The highest BCUT2D eigenvalue weighted by Gasteiger charge is 1.83. The standard InChI is InChI=1S/C9H18N2/c1-5-6-10-9(4)11-7-8(2)3/h7H,5-6H2,1-4H3,(H,10,11). The van der Waals surface area contributed by atoms with Crippen LogP contribution in [-0.4, -0.2) is 12.4 Å². The molecule has 0 fully saturated rings. The van der Waals surface area contributed by atoms with Crippen LogP contribution in [0.5, 0.6) is 0 Å². The molecular weight excluding hydrogens is 136 g/mol. The fourth-order valence-electron chi connectivity index (χ4n) is 0.574. The zero-order valence-electron chi connectivity index (χ0n) is 7.94. The molecule has 0 aliphatic rings. The lowest BCUT2D eigenvalue weighted by atomic mass is 10.4. The summed E-state index contributed by atoms with van der Waals surface area (Å²) in [5.74, 6) is 0.994. The molecule has 0 spiro atoms. The first-order valence-electron chi connectivity index (χ1n) is 4.07. The van der Waals surface area contributed by atoms with E-state index in [0.29, 0.717) is 0 Å². The maximum Gasteiger partial charge on any atom is 0.0970 e. The van der Waals surface area contributed by atoms with Crippen molar-refractivity contribution in [1.82, 2.24) is 5.32 Å². The Labute approximate surface area is 69.4 Å². The Morgan fingerprint density at radius 3 is 2.45 bits per heavy atom. The lowest BCUT2D eigenvalue weighted by Crippen LogP contribution is -2.13. The summed E-state index contributed by atoms with van der Waals surface area (Å²) >= 11 is 0. The van der Waals surface area contributed by atoms with Gasteiger partial charge in [-0.15, -0.1) is 0 Å². The Morgan fingerprint density at radius 1 is 1.36 bits per heavy atom. The van der Waals surface area contributed by atoms with Crippen LogP contribution in [0.1, 0.15) is 34.1 Å². The molecular formula is C9H18N2. The van der Waals surface area contributed by atoms with Crippen LogP contribution < -0.4 is 5.32 Å². The fourth-order valence-corrected chi connectivity index (χ4v) is 0.574. The van der Waals surface area contributed by atoms with Gasteiger partial charge in [-0.25, -0.2) is 0 Å². The molecule has 0 aromatic heterocycles. The first-order valence-corrected chi connectivity index (χ1v) is 4.07. The summed E-state index contributed by atoms with van der Waals surface area (Å²) in [6, 6.07) is 0. The molecule has 0 aliphatic heterocycles. The third kappa shape index (κ3) is 7.10. The van der Waals surface area contributed by atoms with Crippen LogP contribution in [0.15, 0.2) is 16.8 Å². The predicted molar refractivity (Wildman–Crippen MR) is 50.8 cm³/mol. The van der Waals surface area contributed by atoms with E-state index in [-0.39, 0.29) is 0 Å². The fraction of sp³-hybridized carbons (Fsp3) is 0.667. The number of nitrogens with zero attached hydrogens (tertiary/aromatic N) is 1. The van der Waals surface area contributed by atoms with E-state index in [1.54, 1.807) is 0 Å². The van der Waals surface area contributed by atoms with Gasteiger partial charge < -0.3 is 5.32 Å². The molecule has 1 N–H and O–H groups in total. The van der Waals surface area contributed by atoms with Crippen molar-refractivity contribution >= 4 is 5.84 Å². The average Bonchev–Trinajstić information content (AvgIpc) is 1.97. The Kier molecular flexibility index (Phi) is 5.53. The summed E-state index contributed by atoms with van der Waals surface area (Å²) in [6.07, 6.45) is 3.07. The van der Waals surface area contributed by atoms with Crippen LogP contribution in [0.25, 0.3) is 0 Å². The summed E-state index contributed by atoms with van der Waals surface area (Å²) < 4.78 is 0. The third-order valence-electron chi connectivity index (χ3n) is 1.14. The highest BCUT2D eigenvalue weighted by Crippen LogP contribution is 1.85. The monoisotopic (exact) mass is 154 g/mol. The molecule has 0 radical (unpaired) electrons. The van der Waals surface area contributed by atoms with E-state index in [1.807, 2.05) is 13.1 Å². The van der Waals surface area contributed by atoms with Crippen LogP contribution in [0, 0.1) is 0 Å². The van der Waals surface area contributed by atoms with Gasteiger partial charge in [0, 0.05) is 12.7 Å². The van der Waals surface area contributed by atoms with E-state index in [1.165, 1.54) is 5.57 Å². The molecule has 0 saturated heterocycles. The van der Waals surface area contributed by atoms with Crippen LogP contribution in [0.2, 0.25) is 0 Å². The Balaban J connectivity index is 3.68. The zero-order valence-corrected chi connectivity index (χ0v) is 7.94. The summed E-state index contributed by atoms with van der Waals surface area (Å²) in [6.45, 7) is 9.13. The molecule has 0 saturated carbocycles. The van der Waals surface area contributed by atoms with Crippen LogP contribution in [0.3, 0.4) is 0 Å². The molecule has 0 aliphatic carbocycles. The lowest BCUT2D eigenvalue weighted by Gasteiger charge is -1.99. The minimum atomic E-state index is 0.912. The Hall–Kier alpha value is -0.790. The van der Waals surface area contributed by atoms with Crippen molar-refractivity contribution in [2.45, 2.75) is 34.1 Å². The summed E-state index contributed by atoms with van der Waals surface area (Å²) in [7, 11) is 0. The van der Waals surface area contributed by atoms with E-state index in [0.717, 1.165) is 18.8 Å². The van der Waals surface area contributed by atoms with Crippen molar-refractivity contribution in [3.63, 3.8) is 0 Å². The number of hydrogen-bond donors (Lipinski definition) is 1. The molecule has 0 rings (SSSR count). The van der Waals surface area contributed by atoms with Crippen LogP contribution >= 0.6 is 0 Å². The molecule has 2 heteroatoms. The largest absolute Gasteiger partial charge is 0.351 e. The predicted octanol–water partition coefficient (Wildman–Crippen LogP) is 2.33. The normalized spacial score (nSPS) is 11.1. The van der Waals surface area contributed by atoms with Gasteiger partial charge in [-0.05, 0) is 27.2 Å². The van der Waals surface area contributed by atoms with E-state index in [9.17, 15) is 0 Å². The van der Waals surface area contributed by atoms with Crippen molar-refractivity contribution < 1.29 is 0 Å². The van der Waals surface area contributed by atoms with Gasteiger partial charge in [-0.3, -0.25) is 4.99 Å². The van der Waals surface area contributed by atoms with Gasteiger partial charge in [0.25, 0.3) is 0 Å². The second-order valence-electron chi connectivity index (χ2n) is 2.83. The maximum absolute atomic E-state index is 4.28. The summed E-state index contributed by atoms with van der Waals surface area (Å²) in [5, 5.41) is 3.10. The number of rotatable bonds is 3. The molecule has 2 nitrogen and oxygen atoms in total. The minimum Gasteiger partial charge on any atom is -0.351 e. The van der Waals surface area contributed by atoms with Gasteiger partial charge in [0.2, 0.25) is 0 Å². The van der Waals surface area contributed by atoms with Crippen molar-refractivity contribution in [1.29, 1.82) is 0 Å². The molecule has 0 atom stereocenters. The first kappa shape index (κ1) is 10.2. The number of allylic oxidation sites excluding steroid dienone is 1. The van der Waals surface area contributed by atoms with E-state index >= 15 is 0 Å². The van der Waals surface area contributed by atoms with Crippen LogP contribution in [-0.2, 0) is 0 Å². The average molecular weight is 154 g/mol. The first-order chi connectivity index (χ1) is 5.16. The van der Waals surface area contributed by atoms with Crippen molar-refractivity contribution in [2.75, 3.05) is 6.54 Å². The summed E-state index contributed by atoms with van der Waals surface area (Å²) in [4.78, 5) is 4.28. The van der Waals surface area contributed by atoms with Gasteiger partial charge in [-0.1, -0.05) is 12.5 Å². The number of hydrogen-bond acceptors (Lipinski definition) is 1. The minimum absolute atomic E-state index is 0.912. The number of nitrogens with one attached hydrogen (secondary N) is 1. The van der Waals surface area contributed by atoms with Crippen LogP contribution in [0.4, 0.5) is 0 Å². The maximum atomic E-state index is 4.28. The molecule has 11 heavy (non-hydrogen) atoms. The van der Waals surface area contributed by atoms with Crippen molar-refractivity contribution in [3.05, 3.63) is 11.8 Å². The van der Waals surface area contributed by atoms with Gasteiger partial charge >= 0.3 is 0 Å². The number of aliphatic imine (C=N–C) groups is 1. The zero-order chi connectivity index (χ0) is 8.69. The third-order valence-corrected chi connectivity index (χ3v) is 1.14. The number of amidine groups is 1. The molecule has 0 amide bonds. The van der Waals surface area contributed by atoms with E-state index < -0.39 is 0 Å². The molecule has 0 heterocycles. The van der Waals surface area contributed by atoms with E-state index in [4.69, 9.17) is 0 Å². The summed E-state index contributed by atoms with van der Waals surface area (Å²) in [5.41, 5.74) is 1.26. The van der Waals surface area contributed by atoms with E-state index in [2.05, 4.69) is 31.1 Å². The molecule has 0 unspecified atom stereocenters. The van der Waals surface area contributed by atoms with Gasteiger partial charge in [0.05, 0.1) is 5.84 Å². The van der Waals surface area contributed by atoms with Gasteiger partial charge in [0.15, 0.2) is 0 Å². The second kappa shape index (κ2) is 5.96. The topological polar surface area (TPSA) is 24.4 Å². The molecule has 0 bridgehead atoms. The highest BCUT2D eigenvalue weighted by atomic mass is 15.0. The van der Waals surface area contributed by atoms with Crippen molar-refractivity contribution in [3.8, 4) is 0 Å². The molecule has 0 aromatic carbocycles. The van der Waals surface area contributed by atoms with Gasteiger partial charge in [0.1, 0.15) is 0 Å². The second-order valence-corrected chi connectivity index (χ2v) is 2.83. The quantitative estimate of drug-likeness (QED) is 0.489. The SMILES string of the molecule is CCCN=C(C)NC=C(C)C. The van der Waals surface area contributed by atoms with Crippen molar-refractivity contribution in [2.24, 2.45) is 4.99 Å². The molecule has 0 aromatic rings.